The summed E-state index contributed by atoms with van der Waals surface area (Å²) in [6, 6.07) is 8.82. The Morgan fingerprint density at radius 2 is 1.67 bits per heavy atom. The molecule has 3 aromatic rings. The number of nitrogens with one attached hydrogen (secondary N) is 3. The Morgan fingerprint density at radius 1 is 1.00 bits per heavy atom. The maximum Gasteiger partial charge on any atom is 0.265 e. The molecular formula is C20H27N7O2S. The number of aryl methyl sites for hydroxylation is 3. The summed E-state index contributed by atoms with van der Waals surface area (Å²) in [5, 5.41) is 10.6. The third kappa shape index (κ3) is 4.70. The zero-order chi connectivity index (χ0) is 21.9. The Balaban J connectivity index is 1.77. The lowest BCUT2D eigenvalue weighted by atomic mass is 10.3. The first-order valence-corrected chi connectivity index (χ1v) is 11.2. The highest BCUT2D eigenvalue weighted by Crippen LogP contribution is 2.24. The van der Waals surface area contributed by atoms with Crippen LogP contribution in [0.2, 0.25) is 0 Å². The number of anilines is 4. The van der Waals surface area contributed by atoms with E-state index < -0.39 is 10.0 Å². The maximum absolute atomic E-state index is 12.9. The number of sulfonamides is 1. The summed E-state index contributed by atoms with van der Waals surface area (Å²) in [6.45, 7) is 10.6. The molecule has 0 amide bonds. The quantitative estimate of drug-likeness (QED) is 0.501. The predicted octanol–water partition coefficient (Wildman–Crippen LogP) is 3.59. The van der Waals surface area contributed by atoms with Gasteiger partial charge in [-0.05, 0) is 58.9 Å². The summed E-state index contributed by atoms with van der Waals surface area (Å²) in [5.74, 6) is 1.22. The Morgan fingerprint density at radius 3 is 2.27 bits per heavy atom. The van der Waals surface area contributed by atoms with Crippen molar-refractivity contribution in [1.29, 1.82) is 0 Å². The van der Waals surface area contributed by atoms with Crippen LogP contribution in [0.1, 0.15) is 30.9 Å². The van der Waals surface area contributed by atoms with Crippen molar-refractivity contribution in [2.45, 2.75) is 46.1 Å². The molecule has 0 aliphatic heterocycles. The molecule has 0 bridgehead atoms. The van der Waals surface area contributed by atoms with Crippen LogP contribution in [0.3, 0.4) is 0 Å². The first kappa shape index (κ1) is 21.6. The van der Waals surface area contributed by atoms with Gasteiger partial charge in [0.25, 0.3) is 10.0 Å². The summed E-state index contributed by atoms with van der Waals surface area (Å²) in [6.07, 6.45) is 0. The van der Waals surface area contributed by atoms with E-state index in [2.05, 4.69) is 30.4 Å². The van der Waals surface area contributed by atoms with Gasteiger partial charge in [0.1, 0.15) is 10.7 Å². The van der Waals surface area contributed by atoms with Crippen LogP contribution in [0, 0.1) is 20.8 Å². The predicted molar refractivity (Wildman–Crippen MR) is 119 cm³/mol. The molecule has 0 saturated carbocycles. The number of rotatable bonds is 8. The molecule has 2 aromatic heterocycles. The van der Waals surface area contributed by atoms with Crippen molar-refractivity contribution in [2.24, 2.45) is 0 Å². The van der Waals surface area contributed by atoms with E-state index in [0.717, 1.165) is 17.9 Å². The van der Waals surface area contributed by atoms with Gasteiger partial charge in [-0.1, -0.05) is 0 Å². The average molecular weight is 430 g/mol. The monoisotopic (exact) mass is 429 g/mol. The molecule has 1 aromatic carbocycles. The van der Waals surface area contributed by atoms with E-state index in [-0.39, 0.29) is 4.90 Å². The molecule has 0 spiro atoms. The second-order valence-corrected chi connectivity index (χ2v) is 8.49. The largest absolute Gasteiger partial charge is 0.354 e. The standard InChI is InChI=1S/C20H27N7O2S/c1-6-21-20-22-13(3)12-18(24-20)23-16-8-10-17(11-9-16)26-30(28,29)19-14(4)25-27(7-2)15(19)5/h8-12,26H,6-7H2,1-5H3,(H2,21,22,23,24). The van der Waals surface area contributed by atoms with Gasteiger partial charge in [0.05, 0.1) is 11.4 Å². The minimum Gasteiger partial charge on any atom is -0.354 e. The van der Waals surface area contributed by atoms with Gasteiger partial charge in [-0.25, -0.2) is 13.4 Å². The van der Waals surface area contributed by atoms with Crippen LogP contribution in [-0.2, 0) is 16.6 Å². The fraction of sp³-hybridized carbons (Fsp3) is 0.350. The highest BCUT2D eigenvalue weighted by atomic mass is 32.2. The molecule has 0 atom stereocenters. The smallest absolute Gasteiger partial charge is 0.265 e. The Kier molecular flexibility index (Phi) is 6.25. The van der Waals surface area contributed by atoms with Gasteiger partial charge in [-0.2, -0.15) is 10.1 Å². The second kappa shape index (κ2) is 8.70. The minimum atomic E-state index is -3.74. The van der Waals surface area contributed by atoms with Crippen LogP contribution in [0.5, 0.6) is 0 Å². The van der Waals surface area contributed by atoms with E-state index in [4.69, 9.17) is 0 Å². The number of nitrogens with zero attached hydrogens (tertiary/aromatic N) is 4. The molecular weight excluding hydrogens is 402 g/mol. The van der Waals surface area contributed by atoms with Crippen LogP contribution in [0.4, 0.5) is 23.1 Å². The molecule has 0 fully saturated rings. The van der Waals surface area contributed by atoms with Crippen LogP contribution >= 0.6 is 0 Å². The summed E-state index contributed by atoms with van der Waals surface area (Å²) in [5.41, 5.74) is 3.19. The summed E-state index contributed by atoms with van der Waals surface area (Å²) < 4.78 is 30.1. The van der Waals surface area contributed by atoms with Crippen molar-refractivity contribution in [1.82, 2.24) is 19.7 Å². The molecule has 30 heavy (non-hydrogen) atoms. The van der Waals surface area contributed by atoms with E-state index in [1.54, 1.807) is 42.8 Å². The molecule has 2 heterocycles. The zero-order valence-electron chi connectivity index (χ0n) is 17.8. The van der Waals surface area contributed by atoms with Gasteiger partial charge in [-0.15, -0.1) is 0 Å². The number of benzene rings is 1. The summed E-state index contributed by atoms with van der Waals surface area (Å²) >= 11 is 0. The van der Waals surface area contributed by atoms with Crippen LogP contribution < -0.4 is 15.4 Å². The van der Waals surface area contributed by atoms with Gasteiger partial charge < -0.3 is 10.6 Å². The molecule has 3 N–H and O–H groups in total. The van der Waals surface area contributed by atoms with Crippen LogP contribution in [0.25, 0.3) is 0 Å². The molecule has 0 radical (unpaired) electrons. The molecule has 0 unspecified atom stereocenters. The normalized spacial score (nSPS) is 11.4. The fourth-order valence-electron chi connectivity index (χ4n) is 3.22. The Labute approximate surface area is 177 Å². The van der Waals surface area contributed by atoms with Crippen LogP contribution in [0.15, 0.2) is 35.2 Å². The van der Waals surface area contributed by atoms with Crippen LogP contribution in [-0.4, -0.2) is 34.7 Å². The van der Waals surface area contributed by atoms with E-state index in [0.29, 0.717) is 35.4 Å². The third-order valence-corrected chi connectivity index (χ3v) is 6.11. The highest BCUT2D eigenvalue weighted by molar-refractivity contribution is 7.92. The van der Waals surface area contributed by atoms with Gasteiger partial charge in [0, 0.05) is 36.2 Å². The van der Waals surface area contributed by atoms with Crippen molar-refractivity contribution >= 4 is 33.2 Å². The summed E-state index contributed by atoms with van der Waals surface area (Å²) in [7, 11) is -3.74. The molecule has 0 aliphatic rings. The molecule has 9 nitrogen and oxygen atoms in total. The van der Waals surface area contributed by atoms with Gasteiger partial charge in [-0.3, -0.25) is 9.40 Å². The van der Waals surface area contributed by atoms with Crippen molar-refractivity contribution in [3.05, 3.63) is 47.4 Å². The van der Waals surface area contributed by atoms with E-state index in [9.17, 15) is 8.42 Å². The zero-order valence-corrected chi connectivity index (χ0v) is 18.6. The minimum absolute atomic E-state index is 0.221. The first-order valence-electron chi connectivity index (χ1n) is 9.77. The van der Waals surface area contributed by atoms with Gasteiger partial charge >= 0.3 is 0 Å². The van der Waals surface area contributed by atoms with Crippen molar-refractivity contribution in [3.8, 4) is 0 Å². The highest BCUT2D eigenvalue weighted by Gasteiger charge is 2.24. The van der Waals surface area contributed by atoms with E-state index in [1.165, 1.54) is 0 Å². The molecule has 160 valence electrons. The van der Waals surface area contributed by atoms with Crippen molar-refractivity contribution in [3.63, 3.8) is 0 Å². The summed E-state index contributed by atoms with van der Waals surface area (Å²) in [4.78, 5) is 8.96. The lowest BCUT2D eigenvalue weighted by Crippen LogP contribution is -2.15. The lowest BCUT2D eigenvalue weighted by Gasteiger charge is -2.11. The number of aromatic nitrogens is 4. The average Bonchev–Trinajstić information content (AvgIpc) is 2.97. The first-order chi connectivity index (χ1) is 14.2. The molecule has 0 saturated heterocycles. The van der Waals surface area contributed by atoms with Crippen molar-refractivity contribution in [2.75, 3.05) is 21.9 Å². The maximum atomic E-state index is 12.9. The van der Waals surface area contributed by atoms with E-state index in [1.807, 2.05) is 26.8 Å². The number of hydrogen-bond acceptors (Lipinski definition) is 7. The van der Waals surface area contributed by atoms with Gasteiger partial charge in [0.2, 0.25) is 5.95 Å². The molecule has 3 rings (SSSR count). The lowest BCUT2D eigenvalue weighted by molar-refractivity contribution is 0.598. The van der Waals surface area contributed by atoms with Crippen molar-refractivity contribution < 1.29 is 8.42 Å². The third-order valence-electron chi connectivity index (χ3n) is 4.48. The molecule has 0 aliphatic carbocycles. The SMILES string of the molecule is CCNc1nc(C)cc(Nc2ccc(NS(=O)(=O)c3c(C)nn(CC)c3C)cc2)n1. The van der Waals surface area contributed by atoms with Gasteiger partial charge in [0.15, 0.2) is 0 Å². The second-order valence-electron chi connectivity index (χ2n) is 6.87. The topological polar surface area (TPSA) is 114 Å². The number of hydrogen-bond donors (Lipinski definition) is 3. The Hall–Kier alpha value is -3.14. The molecule has 10 heteroatoms. The fourth-order valence-corrected chi connectivity index (χ4v) is 4.70. The Bertz CT molecular complexity index is 1140. The van der Waals surface area contributed by atoms with E-state index >= 15 is 0 Å².